The van der Waals surface area contributed by atoms with Gasteiger partial charge in [0.05, 0.1) is 22.1 Å². The number of fused-ring (bicyclic) bond motifs is 14. The molecule has 2 aliphatic rings. The molecule has 428 valence electrons. The van der Waals surface area contributed by atoms with E-state index in [1.54, 1.807) is 0 Å². The number of para-hydroxylation sites is 2. The molecule has 1 aliphatic carbocycles. The predicted octanol–water partition coefficient (Wildman–Crippen LogP) is 23.9. The van der Waals surface area contributed by atoms with Gasteiger partial charge in [0.1, 0.15) is 11.5 Å². The van der Waals surface area contributed by atoms with E-state index in [-0.39, 0.29) is 0 Å². The molecule has 3 heteroatoms. The van der Waals surface area contributed by atoms with Gasteiger partial charge in [0, 0.05) is 44.5 Å². The van der Waals surface area contributed by atoms with Crippen LogP contribution in [0.4, 0.5) is 17.1 Å². The lowest BCUT2D eigenvalue weighted by Gasteiger charge is -2.39. The van der Waals surface area contributed by atoms with Crippen molar-refractivity contribution in [2.24, 2.45) is 0 Å². The summed E-state index contributed by atoms with van der Waals surface area (Å²) >= 11 is 0. The molecule has 0 fully saturated rings. The van der Waals surface area contributed by atoms with E-state index in [1.165, 1.54) is 87.9 Å². The number of hydrogen-bond acceptors (Lipinski definition) is 2. The summed E-state index contributed by atoms with van der Waals surface area (Å²) in [7, 11) is 0. The van der Waals surface area contributed by atoms with Gasteiger partial charge < -0.3 is 14.2 Å². The van der Waals surface area contributed by atoms with Crippen LogP contribution < -0.4 is 9.64 Å². The van der Waals surface area contributed by atoms with Gasteiger partial charge in [-0.3, -0.25) is 0 Å². The molecule has 1 aliphatic heterocycles. The molecular weight excluding hydrogens is 1090 g/mol. The van der Waals surface area contributed by atoms with Crippen molar-refractivity contribution in [1.82, 2.24) is 4.57 Å². The van der Waals surface area contributed by atoms with Crippen LogP contribution in [0.1, 0.15) is 72.9 Å². The van der Waals surface area contributed by atoms with Crippen LogP contribution in [0.25, 0.3) is 105 Å². The molecule has 3 nitrogen and oxygen atoms in total. The Hall–Kier alpha value is -11.0. The van der Waals surface area contributed by atoms with Gasteiger partial charge in [-0.05, 0) is 197 Å². The van der Waals surface area contributed by atoms with E-state index in [9.17, 15) is 0 Å². The van der Waals surface area contributed by atoms with Gasteiger partial charge in [0.15, 0.2) is 0 Å². The number of hydrogen-bond donors (Lipinski definition) is 0. The van der Waals surface area contributed by atoms with Crippen LogP contribution in [0.2, 0.25) is 0 Å². The molecule has 1 spiro atoms. The van der Waals surface area contributed by atoms with E-state index in [4.69, 9.17) is 4.74 Å². The first-order valence-corrected chi connectivity index (χ1v) is 31.7. The average molecular weight is 1150 g/mol. The number of anilines is 3. The van der Waals surface area contributed by atoms with Gasteiger partial charge in [-0.1, -0.05) is 240 Å². The van der Waals surface area contributed by atoms with Gasteiger partial charge in [-0.15, -0.1) is 0 Å². The Labute approximate surface area is 526 Å². The summed E-state index contributed by atoms with van der Waals surface area (Å²) < 4.78 is 9.65. The van der Waals surface area contributed by atoms with Crippen molar-refractivity contribution in [3.63, 3.8) is 0 Å². The molecule has 0 N–H and O–H groups in total. The topological polar surface area (TPSA) is 17.4 Å². The lowest BCUT2D eigenvalue weighted by atomic mass is 9.66. The van der Waals surface area contributed by atoms with Crippen molar-refractivity contribution in [1.29, 1.82) is 0 Å². The molecule has 90 heavy (non-hydrogen) atoms. The number of benzene rings is 14. The van der Waals surface area contributed by atoms with Crippen LogP contribution in [-0.4, -0.2) is 4.57 Å². The third-order valence-electron chi connectivity index (χ3n) is 19.4. The molecule has 0 bridgehead atoms. The first-order valence-electron chi connectivity index (χ1n) is 31.7. The number of rotatable bonds is 10. The summed E-state index contributed by atoms with van der Waals surface area (Å²) in [5.41, 5.74) is 25.2. The fourth-order valence-electron chi connectivity index (χ4n) is 15.0. The van der Waals surface area contributed by atoms with Crippen LogP contribution in [0.3, 0.4) is 0 Å². The maximum atomic E-state index is 7.16. The lowest BCUT2D eigenvalue weighted by molar-refractivity contribution is 0.436. The van der Waals surface area contributed by atoms with Gasteiger partial charge in [-0.2, -0.15) is 0 Å². The first-order chi connectivity index (χ1) is 44.2. The molecular formula is C87H64N2O. The smallest absolute Gasteiger partial charge is 0.132 e. The van der Waals surface area contributed by atoms with Crippen LogP contribution in [0, 0.1) is 0 Å². The predicted molar refractivity (Wildman–Crippen MR) is 378 cm³/mol. The quantitative estimate of drug-likeness (QED) is 0.136. The summed E-state index contributed by atoms with van der Waals surface area (Å²) in [5, 5.41) is 7.42. The van der Waals surface area contributed by atoms with Crippen LogP contribution >= 0.6 is 0 Å². The Morgan fingerprint density at radius 1 is 0.300 bits per heavy atom. The maximum Gasteiger partial charge on any atom is 0.132 e. The lowest BCUT2D eigenvalue weighted by Crippen LogP contribution is -2.32. The van der Waals surface area contributed by atoms with Crippen molar-refractivity contribution >= 4 is 60.4 Å². The fraction of sp³-hybridized carbons (Fsp3) is 0.0805. The summed E-state index contributed by atoms with van der Waals surface area (Å²) in [6, 6.07) is 113. The van der Waals surface area contributed by atoms with Gasteiger partial charge >= 0.3 is 0 Å². The van der Waals surface area contributed by atoms with E-state index < -0.39 is 5.41 Å². The van der Waals surface area contributed by atoms with Gasteiger partial charge in [-0.25, -0.2) is 0 Å². The fourth-order valence-corrected chi connectivity index (χ4v) is 15.0. The Morgan fingerprint density at radius 3 is 1.57 bits per heavy atom. The Morgan fingerprint density at radius 2 is 0.833 bits per heavy atom. The van der Waals surface area contributed by atoms with Crippen molar-refractivity contribution in [3.8, 4) is 72.8 Å². The second kappa shape index (κ2) is 21.1. The highest BCUT2D eigenvalue weighted by atomic mass is 16.5. The zero-order chi connectivity index (χ0) is 60.2. The highest BCUT2D eigenvalue weighted by molar-refractivity contribution is 6.10. The molecule has 2 heterocycles. The van der Waals surface area contributed by atoms with Gasteiger partial charge in [0.2, 0.25) is 0 Å². The van der Waals surface area contributed by atoms with Crippen LogP contribution in [-0.2, 0) is 5.41 Å². The Bertz CT molecular complexity index is 5250. The molecule has 0 saturated carbocycles. The van der Waals surface area contributed by atoms with Gasteiger partial charge in [0.25, 0.3) is 0 Å². The monoisotopic (exact) mass is 1150 g/mol. The van der Waals surface area contributed by atoms with Crippen LogP contribution in [0.5, 0.6) is 11.5 Å². The number of aromatic nitrogens is 1. The van der Waals surface area contributed by atoms with E-state index in [0.29, 0.717) is 11.8 Å². The summed E-state index contributed by atoms with van der Waals surface area (Å²) in [6.07, 6.45) is 0. The molecule has 17 rings (SSSR count). The standard InChI is InChI=1S/C87H64N2O/c1-55(2)60-40-45-83-76(52-60)77-53-61(56(3)4)41-46-84(77)89(83)82-33-15-11-26-73(82)59-37-42-68(43-38-59)88(69-24-17-23-63(49-69)64-36-35-57-19-5-6-21-62(57)47-64)70-50-66(48-67(51-70)72-29-18-22-58-20-7-8-25-71(58)72)65-39-44-81-86(54-65)90-85-34-16-14-32-80(85)87(81)78-30-12-9-27-74(78)75-28-10-13-31-79(75)87/h5-56H,1-4H3. The second-order valence-electron chi connectivity index (χ2n) is 25.2. The molecule has 0 amide bonds. The van der Waals surface area contributed by atoms with Crippen molar-refractivity contribution in [3.05, 3.63) is 337 Å². The van der Waals surface area contributed by atoms with Crippen LogP contribution in [0.15, 0.2) is 303 Å². The van der Waals surface area contributed by atoms with Crippen molar-refractivity contribution in [2.45, 2.75) is 44.9 Å². The zero-order valence-electron chi connectivity index (χ0n) is 50.8. The van der Waals surface area contributed by atoms with E-state index in [0.717, 1.165) is 78.8 Å². The minimum atomic E-state index is -0.566. The normalized spacial score (nSPS) is 12.8. The second-order valence-corrected chi connectivity index (χ2v) is 25.2. The van der Waals surface area contributed by atoms with Crippen molar-refractivity contribution < 1.29 is 4.74 Å². The average Bonchev–Trinajstić information content (AvgIpc) is 1.48. The first kappa shape index (κ1) is 53.3. The summed E-state index contributed by atoms with van der Waals surface area (Å²) in [6.45, 7) is 9.15. The third-order valence-corrected chi connectivity index (χ3v) is 19.4. The summed E-state index contributed by atoms with van der Waals surface area (Å²) in [5.74, 6) is 2.56. The molecule has 0 radical (unpaired) electrons. The molecule has 14 aromatic carbocycles. The largest absolute Gasteiger partial charge is 0.457 e. The zero-order valence-corrected chi connectivity index (χ0v) is 50.8. The Kier molecular flexibility index (Phi) is 12.5. The molecule has 0 atom stereocenters. The Balaban J connectivity index is 0.861. The molecule has 1 aromatic heterocycles. The van der Waals surface area contributed by atoms with E-state index in [2.05, 4.69) is 340 Å². The molecule has 15 aromatic rings. The molecule has 0 saturated heterocycles. The SMILES string of the molecule is CC(C)c1ccc2c(c1)c1cc(C(C)C)ccc1n2-c1ccccc1-c1ccc(N(c2cccc(-c3ccc4ccccc4c3)c2)c2cc(-c3ccc4c(c3)Oc3ccccc3C43c4ccccc4-c4ccccc43)cc(-c3cccc4ccccc34)c2)cc1. The highest BCUT2D eigenvalue weighted by Gasteiger charge is 2.51. The third kappa shape index (κ3) is 8.48. The minimum Gasteiger partial charge on any atom is -0.457 e. The molecule has 0 unspecified atom stereocenters. The summed E-state index contributed by atoms with van der Waals surface area (Å²) in [4.78, 5) is 2.45. The number of ether oxygens (including phenoxy) is 1. The van der Waals surface area contributed by atoms with E-state index in [1.807, 2.05) is 0 Å². The minimum absolute atomic E-state index is 0.416. The maximum absolute atomic E-state index is 7.16. The highest BCUT2D eigenvalue weighted by Crippen LogP contribution is 2.62. The number of nitrogens with zero attached hydrogens (tertiary/aromatic N) is 2. The van der Waals surface area contributed by atoms with Crippen molar-refractivity contribution in [2.75, 3.05) is 4.90 Å². The van der Waals surface area contributed by atoms with E-state index >= 15 is 0 Å².